The lowest BCUT2D eigenvalue weighted by atomic mass is 10.2. The van der Waals surface area contributed by atoms with Gasteiger partial charge in [-0.05, 0) is 42.8 Å². The molecule has 35 heavy (non-hydrogen) atoms. The summed E-state index contributed by atoms with van der Waals surface area (Å²) in [5.41, 5.74) is 5.61. The summed E-state index contributed by atoms with van der Waals surface area (Å²) in [5, 5.41) is 17.6. The minimum atomic E-state index is -0.651. The average Bonchev–Trinajstić information content (AvgIpc) is 3.35. The van der Waals surface area contributed by atoms with Gasteiger partial charge in [-0.3, -0.25) is 15.5 Å². The Bertz CT molecular complexity index is 1350. The number of nitro groups is 1. The molecule has 4 aromatic rings. The molecule has 3 aromatic carbocycles. The quantitative estimate of drug-likeness (QED) is 0.104. The van der Waals surface area contributed by atoms with Crippen LogP contribution in [0.5, 0.6) is 11.5 Å². The number of hydrogen-bond acceptors (Lipinski definition) is 9. The number of carbonyl (C=O) groups excluding carboxylic acids is 1. The van der Waals surface area contributed by atoms with Gasteiger partial charge in [0.1, 0.15) is 0 Å². The topological polar surface area (TPSA) is 116 Å². The minimum absolute atomic E-state index is 0.108. The van der Waals surface area contributed by atoms with Crippen LogP contribution >= 0.6 is 11.3 Å². The molecule has 4 rings (SSSR count). The summed E-state index contributed by atoms with van der Waals surface area (Å²) in [5.74, 6) is -0.0537. The van der Waals surface area contributed by atoms with E-state index in [-0.39, 0.29) is 17.0 Å². The molecule has 9 nitrogen and oxygen atoms in total. The smallest absolute Gasteiger partial charge is 0.343 e. The number of nitrogens with one attached hydrogen (secondary N) is 1. The van der Waals surface area contributed by atoms with E-state index in [4.69, 9.17) is 9.47 Å². The number of ether oxygens (including phenoxy) is 2. The van der Waals surface area contributed by atoms with Gasteiger partial charge >= 0.3 is 5.97 Å². The second-order valence-electron chi connectivity index (χ2n) is 7.11. The molecule has 0 aliphatic carbocycles. The molecule has 0 saturated carbocycles. The molecule has 176 valence electrons. The Hall–Kier alpha value is -4.57. The molecule has 0 radical (unpaired) electrons. The van der Waals surface area contributed by atoms with Crippen molar-refractivity contribution in [1.29, 1.82) is 0 Å². The van der Waals surface area contributed by atoms with Gasteiger partial charge in [0.25, 0.3) is 5.69 Å². The summed E-state index contributed by atoms with van der Waals surface area (Å²) < 4.78 is 11.1. The van der Waals surface area contributed by atoms with Crippen molar-refractivity contribution in [3.63, 3.8) is 0 Å². The average molecular weight is 489 g/mol. The molecule has 0 aliphatic rings. The van der Waals surface area contributed by atoms with Gasteiger partial charge in [0.05, 0.1) is 29.0 Å². The Kier molecular flexibility index (Phi) is 7.44. The molecule has 0 amide bonds. The van der Waals surface area contributed by atoms with Crippen molar-refractivity contribution in [2.45, 2.75) is 6.92 Å². The Labute approximate surface area is 204 Å². The van der Waals surface area contributed by atoms with Gasteiger partial charge < -0.3 is 9.47 Å². The highest BCUT2D eigenvalue weighted by Crippen LogP contribution is 2.29. The largest absolute Gasteiger partial charge is 0.490 e. The van der Waals surface area contributed by atoms with Gasteiger partial charge in [-0.1, -0.05) is 30.3 Å². The third-order valence-electron chi connectivity index (χ3n) is 4.73. The van der Waals surface area contributed by atoms with E-state index in [0.29, 0.717) is 17.5 Å². The summed E-state index contributed by atoms with van der Waals surface area (Å²) >= 11 is 1.44. The normalized spacial score (nSPS) is 10.8. The van der Waals surface area contributed by atoms with Crippen LogP contribution in [-0.2, 0) is 0 Å². The third kappa shape index (κ3) is 6.06. The van der Waals surface area contributed by atoms with Crippen molar-refractivity contribution in [1.82, 2.24) is 4.98 Å². The number of hydrazone groups is 1. The fourth-order valence-electron chi connectivity index (χ4n) is 3.06. The maximum atomic E-state index is 12.5. The van der Waals surface area contributed by atoms with Crippen molar-refractivity contribution in [2.75, 3.05) is 12.0 Å². The van der Waals surface area contributed by atoms with Gasteiger partial charge in [-0.15, -0.1) is 11.3 Å². The number of hydrogen-bond donors (Lipinski definition) is 1. The van der Waals surface area contributed by atoms with E-state index in [1.54, 1.807) is 24.4 Å². The summed E-state index contributed by atoms with van der Waals surface area (Å²) in [6.07, 6.45) is 1.61. The van der Waals surface area contributed by atoms with Crippen LogP contribution in [0.2, 0.25) is 0 Å². The van der Waals surface area contributed by atoms with Crippen LogP contribution in [0.3, 0.4) is 0 Å². The van der Waals surface area contributed by atoms with Crippen LogP contribution in [-0.4, -0.2) is 28.7 Å². The van der Waals surface area contributed by atoms with E-state index >= 15 is 0 Å². The van der Waals surface area contributed by atoms with E-state index in [1.807, 2.05) is 42.6 Å². The van der Waals surface area contributed by atoms with Crippen molar-refractivity contribution >= 4 is 34.3 Å². The Balaban J connectivity index is 1.43. The van der Waals surface area contributed by atoms with Crippen LogP contribution in [0.1, 0.15) is 22.8 Å². The Morgan fingerprint density at radius 3 is 2.60 bits per heavy atom. The van der Waals surface area contributed by atoms with Crippen LogP contribution < -0.4 is 14.9 Å². The van der Waals surface area contributed by atoms with Gasteiger partial charge in [0.2, 0.25) is 5.13 Å². The highest BCUT2D eigenvalue weighted by molar-refractivity contribution is 7.14. The summed E-state index contributed by atoms with van der Waals surface area (Å²) in [6, 6.07) is 20.1. The van der Waals surface area contributed by atoms with E-state index in [1.165, 1.54) is 35.6 Å². The second kappa shape index (κ2) is 11.0. The molecule has 0 unspecified atom stereocenters. The zero-order valence-corrected chi connectivity index (χ0v) is 19.4. The lowest BCUT2D eigenvalue weighted by Gasteiger charge is -2.11. The summed E-state index contributed by atoms with van der Waals surface area (Å²) in [6.45, 7) is 2.18. The Morgan fingerprint density at radius 1 is 1.11 bits per heavy atom. The first-order valence-corrected chi connectivity index (χ1v) is 11.4. The highest BCUT2D eigenvalue weighted by atomic mass is 32.1. The molecular weight excluding hydrogens is 468 g/mol. The third-order valence-corrected chi connectivity index (χ3v) is 5.48. The number of rotatable bonds is 9. The van der Waals surface area contributed by atoms with Crippen LogP contribution in [0.15, 0.2) is 83.3 Å². The van der Waals surface area contributed by atoms with Crippen molar-refractivity contribution in [3.05, 3.63) is 99.4 Å². The number of non-ortho nitro benzene ring substituents is 1. The SMILES string of the molecule is CCOc1cc(/C=N\Nc2nc(-c3ccccc3)cs2)ccc1OC(=O)c1ccc([N+](=O)[O-])cc1. The van der Waals surface area contributed by atoms with Gasteiger partial charge in [0.15, 0.2) is 11.5 Å². The molecule has 0 saturated heterocycles. The number of esters is 1. The first-order valence-electron chi connectivity index (χ1n) is 10.6. The summed E-state index contributed by atoms with van der Waals surface area (Å²) in [7, 11) is 0. The van der Waals surface area contributed by atoms with Crippen molar-refractivity contribution in [2.24, 2.45) is 5.10 Å². The number of nitrogens with zero attached hydrogens (tertiary/aromatic N) is 3. The molecule has 0 aliphatic heterocycles. The maximum Gasteiger partial charge on any atom is 0.343 e. The number of anilines is 1. The summed E-state index contributed by atoms with van der Waals surface area (Å²) in [4.78, 5) is 27.3. The standard InChI is InChI=1S/C25H20N4O5S/c1-2-33-23-14-17(15-26-28-25-27-21(16-35-25)18-6-4-3-5-7-18)8-13-22(23)34-24(30)19-9-11-20(12-10-19)29(31)32/h3-16H,2H2,1H3,(H,27,28)/b26-15-. The number of benzene rings is 3. The highest BCUT2D eigenvalue weighted by Gasteiger charge is 2.15. The lowest BCUT2D eigenvalue weighted by molar-refractivity contribution is -0.384. The number of thiazole rings is 1. The zero-order chi connectivity index (χ0) is 24.6. The van der Waals surface area contributed by atoms with Gasteiger partial charge in [-0.25, -0.2) is 9.78 Å². The first kappa shape index (κ1) is 23.6. The predicted octanol–water partition coefficient (Wildman–Crippen LogP) is 5.78. The van der Waals surface area contributed by atoms with Gasteiger partial charge in [-0.2, -0.15) is 5.10 Å². The van der Waals surface area contributed by atoms with Crippen LogP contribution in [0.25, 0.3) is 11.3 Å². The van der Waals surface area contributed by atoms with E-state index in [2.05, 4.69) is 15.5 Å². The zero-order valence-electron chi connectivity index (χ0n) is 18.6. The predicted molar refractivity (Wildman–Crippen MR) is 134 cm³/mol. The van der Waals surface area contributed by atoms with Crippen LogP contribution in [0.4, 0.5) is 10.8 Å². The van der Waals surface area contributed by atoms with E-state index < -0.39 is 10.9 Å². The molecule has 0 bridgehead atoms. The maximum absolute atomic E-state index is 12.5. The van der Waals surface area contributed by atoms with Crippen molar-refractivity contribution in [3.8, 4) is 22.8 Å². The molecule has 1 N–H and O–H groups in total. The molecule has 10 heteroatoms. The monoisotopic (exact) mass is 488 g/mol. The van der Waals surface area contributed by atoms with E-state index in [9.17, 15) is 14.9 Å². The second-order valence-corrected chi connectivity index (χ2v) is 7.96. The molecule has 0 fully saturated rings. The molecular formula is C25H20N4O5S. The number of carbonyl (C=O) groups is 1. The first-order chi connectivity index (χ1) is 17.0. The molecule has 0 spiro atoms. The lowest BCUT2D eigenvalue weighted by Crippen LogP contribution is -2.10. The Morgan fingerprint density at radius 2 is 1.89 bits per heavy atom. The van der Waals surface area contributed by atoms with E-state index in [0.717, 1.165) is 16.8 Å². The fraction of sp³-hybridized carbons (Fsp3) is 0.0800. The van der Waals surface area contributed by atoms with Crippen molar-refractivity contribution < 1.29 is 19.2 Å². The van der Waals surface area contributed by atoms with Crippen LogP contribution in [0, 0.1) is 10.1 Å². The number of nitro benzene ring substituents is 1. The minimum Gasteiger partial charge on any atom is -0.490 e. The fourth-order valence-corrected chi connectivity index (χ4v) is 3.73. The molecule has 0 atom stereocenters. The number of aromatic nitrogens is 1. The molecule has 1 aromatic heterocycles. The molecule has 1 heterocycles. The van der Waals surface area contributed by atoms with Gasteiger partial charge in [0, 0.05) is 23.1 Å².